The molecule has 108 valence electrons. The van der Waals surface area contributed by atoms with Crippen molar-refractivity contribution in [3.8, 4) is 5.75 Å². The lowest BCUT2D eigenvalue weighted by Gasteiger charge is -2.09. The fourth-order valence-corrected chi connectivity index (χ4v) is 2.23. The number of hydrogen-bond donors (Lipinski definition) is 1. The number of fused-ring (bicyclic) bond motifs is 1. The highest BCUT2D eigenvalue weighted by molar-refractivity contribution is 5.79. The molecule has 5 heteroatoms. The lowest BCUT2D eigenvalue weighted by atomic mass is 10.0. The average Bonchev–Trinajstić information content (AvgIpc) is 2.88. The minimum atomic E-state index is -0.742. The zero-order valence-corrected chi connectivity index (χ0v) is 11.3. The van der Waals surface area contributed by atoms with Gasteiger partial charge in [0.2, 0.25) is 0 Å². The Bertz CT molecular complexity index is 778. The van der Waals surface area contributed by atoms with Gasteiger partial charge in [0, 0.05) is 17.5 Å². The molecule has 0 spiro atoms. The highest BCUT2D eigenvalue weighted by atomic mass is 19.1. The van der Waals surface area contributed by atoms with Gasteiger partial charge in [-0.1, -0.05) is 0 Å². The van der Waals surface area contributed by atoms with Gasteiger partial charge in [-0.3, -0.25) is 0 Å². The molecule has 0 radical (unpaired) electrons. The first-order valence-electron chi connectivity index (χ1n) is 6.36. The van der Waals surface area contributed by atoms with Crippen LogP contribution in [0.15, 0.2) is 46.9 Å². The van der Waals surface area contributed by atoms with Crippen LogP contribution < -0.4 is 10.5 Å². The fourth-order valence-electron chi connectivity index (χ4n) is 2.23. The monoisotopic (exact) mass is 289 g/mol. The van der Waals surface area contributed by atoms with Crippen LogP contribution in [-0.4, -0.2) is 7.11 Å². The number of halogens is 2. The van der Waals surface area contributed by atoms with Gasteiger partial charge in [0.25, 0.3) is 0 Å². The van der Waals surface area contributed by atoms with Crippen LogP contribution in [0.2, 0.25) is 0 Å². The average molecular weight is 289 g/mol. The van der Waals surface area contributed by atoms with Crippen LogP contribution in [0.1, 0.15) is 17.4 Å². The van der Waals surface area contributed by atoms with E-state index in [-0.39, 0.29) is 0 Å². The highest BCUT2D eigenvalue weighted by Gasteiger charge is 2.16. The lowest BCUT2D eigenvalue weighted by Crippen LogP contribution is -2.11. The van der Waals surface area contributed by atoms with Gasteiger partial charge in [0.1, 0.15) is 28.7 Å². The van der Waals surface area contributed by atoms with E-state index in [0.717, 1.165) is 11.5 Å². The molecule has 3 nitrogen and oxygen atoms in total. The molecule has 21 heavy (non-hydrogen) atoms. The predicted molar refractivity (Wildman–Crippen MR) is 75.2 cm³/mol. The highest BCUT2D eigenvalue weighted by Crippen LogP contribution is 2.29. The summed E-state index contributed by atoms with van der Waals surface area (Å²) in [6.07, 6.45) is 0. The summed E-state index contributed by atoms with van der Waals surface area (Å²) < 4.78 is 37.3. The maximum atomic E-state index is 13.3. The van der Waals surface area contributed by atoms with Gasteiger partial charge in [-0.15, -0.1) is 0 Å². The smallest absolute Gasteiger partial charge is 0.138 e. The van der Waals surface area contributed by atoms with Gasteiger partial charge < -0.3 is 14.9 Å². The zero-order chi connectivity index (χ0) is 15.0. The first-order valence-corrected chi connectivity index (χ1v) is 6.36. The van der Waals surface area contributed by atoms with Gasteiger partial charge >= 0.3 is 0 Å². The largest absolute Gasteiger partial charge is 0.497 e. The predicted octanol–water partition coefficient (Wildman–Crippen LogP) is 3.77. The molecule has 0 aliphatic carbocycles. The van der Waals surface area contributed by atoms with E-state index < -0.39 is 17.7 Å². The molecule has 1 aromatic heterocycles. The van der Waals surface area contributed by atoms with E-state index in [2.05, 4.69) is 0 Å². The van der Waals surface area contributed by atoms with E-state index in [1.54, 1.807) is 25.3 Å². The minimum absolute atomic E-state index is 0.318. The van der Waals surface area contributed by atoms with Gasteiger partial charge in [-0.2, -0.15) is 0 Å². The second-order valence-electron chi connectivity index (χ2n) is 4.73. The van der Waals surface area contributed by atoms with Crippen LogP contribution in [0.3, 0.4) is 0 Å². The first-order chi connectivity index (χ1) is 10.1. The summed E-state index contributed by atoms with van der Waals surface area (Å²) in [7, 11) is 1.56. The minimum Gasteiger partial charge on any atom is -0.497 e. The molecule has 0 saturated carbocycles. The molecule has 0 bridgehead atoms. The van der Waals surface area contributed by atoms with Crippen molar-refractivity contribution < 1.29 is 17.9 Å². The summed E-state index contributed by atoms with van der Waals surface area (Å²) in [6, 6.07) is 9.58. The maximum absolute atomic E-state index is 13.3. The molecular formula is C16H13F2NO2. The Morgan fingerprint density at radius 1 is 1.05 bits per heavy atom. The molecule has 1 atom stereocenters. The maximum Gasteiger partial charge on any atom is 0.138 e. The quantitative estimate of drug-likeness (QED) is 0.798. The third kappa shape index (κ3) is 2.60. The second kappa shape index (κ2) is 5.18. The van der Waals surface area contributed by atoms with Gasteiger partial charge in [0.15, 0.2) is 0 Å². The first kappa shape index (κ1) is 13.6. The fraction of sp³-hybridized carbons (Fsp3) is 0.125. The second-order valence-corrected chi connectivity index (χ2v) is 4.73. The van der Waals surface area contributed by atoms with E-state index in [4.69, 9.17) is 14.9 Å². The normalized spacial score (nSPS) is 12.6. The van der Waals surface area contributed by atoms with Crippen LogP contribution in [0.5, 0.6) is 5.75 Å². The number of furan rings is 1. The van der Waals surface area contributed by atoms with Crippen molar-refractivity contribution in [1.82, 2.24) is 0 Å². The number of rotatable bonds is 3. The van der Waals surface area contributed by atoms with Crippen LogP contribution in [-0.2, 0) is 0 Å². The molecule has 1 heterocycles. The van der Waals surface area contributed by atoms with Crippen LogP contribution in [0.25, 0.3) is 11.0 Å². The van der Waals surface area contributed by atoms with Crippen molar-refractivity contribution in [2.75, 3.05) is 7.11 Å². The molecule has 0 amide bonds. The third-order valence-electron chi connectivity index (χ3n) is 3.30. The molecule has 0 fully saturated rings. The molecule has 1 unspecified atom stereocenters. The molecule has 0 aliphatic rings. The number of hydrogen-bond acceptors (Lipinski definition) is 3. The van der Waals surface area contributed by atoms with E-state index in [1.807, 2.05) is 6.07 Å². The van der Waals surface area contributed by atoms with Crippen LogP contribution >= 0.6 is 0 Å². The Kier molecular flexibility index (Phi) is 3.35. The van der Waals surface area contributed by atoms with E-state index in [0.29, 0.717) is 22.7 Å². The summed E-state index contributed by atoms with van der Waals surface area (Å²) in [5.74, 6) is -0.242. The summed E-state index contributed by atoms with van der Waals surface area (Å²) in [5, 5.41) is 0.845. The molecule has 2 N–H and O–H groups in total. The Morgan fingerprint density at radius 3 is 2.43 bits per heavy atom. The van der Waals surface area contributed by atoms with Crippen molar-refractivity contribution in [3.63, 3.8) is 0 Å². The zero-order valence-electron chi connectivity index (χ0n) is 11.3. The Balaban J connectivity index is 2.02. The SMILES string of the molecule is COc1ccc2cc(C(N)c3cc(F)cc(F)c3)oc2c1. The number of nitrogens with two attached hydrogens (primary N) is 1. The summed E-state index contributed by atoms with van der Waals surface area (Å²) >= 11 is 0. The van der Waals surface area contributed by atoms with Crippen molar-refractivity contribution in [3.05, 3.63) is 65.4 Å². The lowest BCUT2D eigenvalue weighted by molar-refractivity contribution is 0.414. The van der Waals surface area contributed by atoms with E-state index in [1.165, 1.54) is 12.1 Å². The van der Waals surface area contributed by atoms with E-state index in [9.17, 15) is 8.78 Å². The molecular weight excluding hydrogens is 276 g/mol. The van der Waals surface area contributed by atoms with Gasteiger partial charge in [-0.05, 0) is 35.9 Å². The Morgan fingerprint density at radius 2 is 1.76 bits per heavy atom. The van der Waals surface area contributed by atoms with E-state index >= 15 is 0 Å². The van der Waals surface area contributed by atoms with Crippen molar-refractivity contribution in [2.45, 2.75) is 6.04 Å². The molecule has 3 rings (SSSR count). The third-order valence-corrected chi connectivity index (χ3v) is 3.30. The van der Waals surface area contributed by atoms with Gasteiger partial charge in [0.05, 0.1) is 13.2 Å². The van der Waals surface area contributed by atoms with Crippen LogP contribution in [0, 0.1) is 11.6 Å². The number of benzene rings is 2. The van der Waals surface area contributed by atoms with Gasteiger partial charge in [-0.25, -0.2) is 8.78 Å². The number of ether oxygens (including phenoxy) is 1. The molecule has 3 aromatic rings. The summed E-state index contributed by atoms with van der Waals surface area (Å²) in [4.78, 5) is 0. The van der Waals surface area contributed by atoms with Crippen molar-refractivity contribution >= 4 is 11.0 Å². The Hall–Kier alpha value is -2.40. The topological polar surface area (TPSA) is 48.4 Å². The molecule has 0 aliphatic heterocycles. The molecule has 2 aromatic carbocycles. The summed E-state index contributed by atoms with van der Waals surface area (Å²) in [6.45, 7) is 0. The van der Waals surface area contributed by atoms with Crippen molar-refractivity contribution in [1.29, 1.82) is 0 Å². The summed E-state index contributed by atoms with van der Waals surface area (Å²) in [5.41, 5.74) is 6.96. The van der Waals surface area contributed by atoms with Crippen LogP contribution in [0.4, 0.5) is 8.78 Å². The standard InChI is InChI=1S/C16H13F2NO2/c1-20-13-3-2-9-6-15(21-14(9)8-13)16(19)10-4-11(17)7-12(18)5-10/h2-8,16H,19H2,1H3. The number of methoxy groups -OCH3 is 1. The molecule has 0 saturated heterocycles. The van der Waals surface area contributed by atoms with Crippen molar-refractivity contribution in [2.24, 2.45) is 5.73 Å². The Labute approximate surface area is 119 Å².